The summed E-state index contributed by atoms with van der Waals surface area (Å²) < 4.78 is 4.94. The summed E-state index contributed by atoms with van der Waals surface area (Å²) in [5.74, 6) is -0.953. The molecule has 0 aliphatic rings. The Balaban J connectivity index is 3.93. The summed E-state index contributed by atoms with van der Waals surface area (Å²) in [5, 5.41) is 0. The van der Waals surface area contributed by atoms with Crippen LogP contribution in [0.3, 0.4) is 0 Å². The van der Waals surface area contributed by atoms with Crippen LogP contribution < -0.4 is 11.5 Å². The third kappa shape index (κ3) is 6.90. The fourth-order valence-electron chi connectivity index (χ4n) is 1.16. The largest absolute Gasteiger partial charge is 0.452 e. The van der Waals surface area contributed by atoms with E-state index in [1.54, 1.807) is 0 Å². The first-order chi connectivity index (χ1) is 7.11. The lowest BCUT2D eigenvalue weighted by atomic mass is 10.1. The van der Waals surface area contributed by atoms with E-state index in [4.69, 9.17) is 16.2 Å². The van der Waals surface area contributed by atoms with Gasteiger partial charge in [-0.25, -0.2) is 0 Å². The maximum Gasteiger partial charge on any atom is 0.306 e. The molecule has 0 rings (SSSR count). The Morgan fingerprint density at radius 3 is 2.47 bits per heavy atom. The van der Waals surface area contributed by atoms with Gasteiger partial charge >= 0.3 is 5.97 Å². The second kappa shape index (κ2) is 8.23. The third-order valence-electron chi connectivity index (χ3n) is 1.97. The molecule has 0 aliphatic heterocycles. The van der Waals surface area contributed by atoms with Gasteiger partial charge in [0.15, 0.2) is 6.10 Å². The third-order valence-corrected chi connectivity index (χ3v) is 1.97. The number of amides is 1. The molecule has 0 aromatic carbocycles. The monoisotopic (exact) mass is 216 g/mol. The van der Waals surface area contributed by atoms with E-state index in [1.807, 2.05) is 6.92 Å². The zero-order chi connectivity index (χ0) is 11.7. The van der Waals surface area contributed by atoms with Gasteiger partial charge in [0.25, 0.3) is 5.91 Å². The van der Waals surface area contributed by atoms with E-state index >= 15 is 0 Å². The van der Waals surface area contributed by atoms with Gasteiger partial charge in [-0.2, -0.15) is 0 Å². The molecule has 15 heavy (non-hydrogen) atoms. The predicted molar refractivity (Wildman–Crippen MR) is 56.9 cm³/mol. The van der Waals surface area contributed by atoms with Crippen LogP contribution in [0.15, 0.2) is 0 Å². The summed E-state index contributed by atoms with van der Waals surface area (Å²) >= 11 is 0. The Bertz CT molecular complexity index is 207. The van der Waals surface area contributed by atoms with E-state index in [9.17, 15) is 9.59 Å². The van der Waals surface area contributed by atoms with Crippen LogP contribution in [-0.4, -0.2) is 24.5 Å². The summed E-state index contributed by atoms with van der Waals surface area (Å²) in [4.78, 5) is 22.1. The van der Waals surface area contributed by atoms with Gasteiger partial charge < -0.3 is 16.2 Å². The van der Waals surface area contributed by atoms with Crippen molar-refractivity contribution >= 4 is 11.9 Å². The number of primary amides is 1. The Labute approximate surface area is 90.1 Å². The van der Waals surface area contributed by atoms with Crippen molar-refractivity contribution in [3.63, 3.8) is 0 Å². The smallest absolute Gasteiger partial charge is 0.306 e. The normalized spacial score (nSPS) is 12.1. The molecule has 5 heteroatoms. The van der Waals surface area contributed by atoms with Gasteiger partial charge in [-0.1, -0.05) is 6.92 Å². The number of ether oxygens (including phenoxy) is 1. The molecule has 0 spiro atoms. The fourth-order valence-corrected chi connectivity index (χ4v) is 1.16. The van der Waals surface area contributed by atoms with Crippen molar-refractivity contribution < 1.29 is 14.3 Å². The predicted octanol–water partition coefficient (Wildman–Crippen LogP) is 0.313. The average molecular weight is 216 g/mol. The molecule has 1 amide bonds. The van der Waals surface area contributed by atoms with E-state index in [1.165, 1.54) is 0 Å². The summed E-state index contributed by atoms with van der Waals surface area (Å²) in [7, 11) is 0. The molecule has 0 heterocycles. The van der Waals surface area contributed by atoms with Gasteiger partial charge in [0.2, 0.25) is 0 Å². The van der Waals surface area contributed by atoms with E-state index in [0.29, 0.717) is 25.8 Å². The highest BCUT2D eigenvalue weighted by atomic mass is 16.5. The Morgan fingerprint density at radius 1 is 1.33 bits per heavy atom. The van der Waals surface area contributed by atoms with Crippen molar-refractivity contribution in [3.8, 4) is 0 Å². The molecular weight excluding hydrogens is 196 g/mol. The van der Waals surface area contributed by atoms with Gasteiger partial charge in [-0.15, -0.1) is 0 Å². The standard InChI is InChI=1S/C10H20N2O3/c1-2-5-9(13)15-8(10(12)14)6-3-4-7-11/h8H,2-7,11H2,1H3,(H2,12,14). The lowest BCUT2D eigenvalue weighted by molar-refractivity contribution is -0.155. The van der Waals surface area contributed by atoms with Gasteiger partial charge in [-0.3, -0.25) is 9.59 Å². The van der Waals surface area contributed by atoms with Crippen molar-refractivity contribution in [2.75, 3.05) is 6.54 Å². The average Bonchev–Trinajstić information content (AvgIpc) is 2.16. The number of nitrogens with two attached hydrogens (primary N) is 2. The number of unbranched alkanes of at least 4 members (excludes halogenated alkanes) is 1. The molecule has 5 nitrogen and oxygen atoms in total. The van der Waals surface area contributed by atoms with Gasteiger partial charge in [0, 0.05) is 6.42 Å². The molecule has 0 saturated carbocycles. The number of esters is 1. The first-order valence-electron chi connectivity index (χ1n) is 5.30. The Hall–Kier alpha value is -1.10. The SMILES string of the molecule is CCCC(=O)OC(CCCCN)C(N)=O. The van der Waals surface area contributed by atoms with E-state index in [2.05, 4.69) is 0 Å². The fraction of sp³-hybridized carbons (Fsp3) is 0.800. The van der Waals surface area contributed by atoms with Crippen molar-refractivity contribution in [1.29, 1.82) is 0 Å². The molecule has 0 bridgehead atoms. The summed E-state index contributed by atoms with van der Waals surface area (Å²) in [6, 6.07) is 0. The molecule has 0 aromatic heterocycles. The van der Waals surface area contributed by atoms with Gasteiger partial charge in [0.1, 0.15) is 0 Å². The minimum absolute atomic E-state index is 0.320. The molecule has 1 unspecified atom stereocenters. The number of rotatable bonds is 8. The van der Waals surface area contributed by atoms with Crippen molar-refractivity contribution in [2.24, 2.45) is 11.5 Å². The number of hydrogen-bond donors (Lipinski definition) is 2. The van der Waals surface area contributed by atoms with E-state index in [-0.39, 0.29) is 5.97 Å². The quantitative estimate of drug-likeness (QED) is 0.451. The Morgan fingerprint density at radius 2 is 2.00 bits per heavy atom. The zero-order valence-electron chi connectivity index (χ0n) is 9.20. The van der Waals surface area contributed by atoms with E-state index in [0.717, 1.165) is 12.8 Å². The molecule has 0 fully saturated rings. The summed E-state index contributed by atoms with van der Waals surface area (Å²) in [6.07, 6.45) is 2.23. The van der Waals surface area contributed by atoms with E-state index < -0.39 is 12.0 Å². The van der Waals surface area contributed by atoms with Crippen LogP contribution >= 0.6 is 0 Å². The van der Waals surface area contributed by atoms with Crippen LogP contribution in [0.5, 0.6) is 0 Å². The highest BCUT2D eigenvalue weighted by Gasteiger charge is 2.18. The van der Waals surface area contributed by atoms with Crippen LogP contribution in [-0.2, 0) is 14.3 Å². The maximum absolute atomic E-state index is 11.1. The highest BCUT2D eigenvalue weighted by molar-refractivity contribution is 5.82. The topological polar surface area (TPSA) is 95.4 Å². The second-order valence-electron chi connectivity index (χ2n) is 3.42. The van der Waals surface area contributed by atoms with Crippen LogP contribution in [0.1, 0.15) is 39.0 Å². The van der Waals surface area contributed by atoms with Crippen molar-refractivity contribution in [3.05, 3.63) is 0 Å². The van der Waals surface area contributed by atoms with Crippen molar-refractivity contribution in [2.45, 2.75) is 45.1 Å². The zero-order valence-corrected chi connectivity index (χ0v) is 9.20. The van der Waals surface area contributed by atoms with Crippen LogP contribution in [0.4, 0.5) is 0 Å². The molecule has 88 valence electrons. The van der Waals surface area contributed by atoms with Gasteiger partial charge in [-0.05, 0) is 32.2 Å². The summed E-state index contributed by atoms with van der Waals surface area (Å²) in [6.45, 7) is 2.43. The molecule has 0 aromatic rings. The molecular formula is C10H20N2O3. The molecule has 4 N–H and O–H groups in total. The molecule has 0 aliphatic carbocycles. The lowest BCUT2D eigenvalue weighted by Crippen LogP contribution is -2.33. The highest BCUT2D eigenvalue weighted by Crippen LogP contribution is 2.06. The first-order valence-corrected chi connectivity index (χ1v) is 5.30. The second-order valence-corrected chi connectivity index (χ2v) is 3.42. The van der Waals surface area contributed by atoms with Gasteiger partial charge in [0.05, 0.1) is 0 Å². The molecule has 1 atom stereocenters. The lowest BCUT2D eigenvalue weighted by Gasteiger charge is -2.13. The minimum atomic E-state index is -0.796. The molecule has 0 radical (unpaired) electrons. The minimum Gasteiger partial charge on any atom is -0.452 e. The number of hydrogen-bond acceptors (Lipinski definition) is 4. The number of carbonyl (C=O) groups is 2. The van der Waals surface area contributed by atoms with Crippen LogP contribution in [0.25, 0.3) is 0 Å². The molecule has 0 saturated heterocycles. The maximum atomic E-state index is 11.1. The first kappa shape index (κ1) is 13.9. The number of carbonyl (C=O) groups excluding carboxylic acids is 2. The summed E-state index contributed by atoms with van der Waals surface area (Å²) in [5.41, 5.74) is 10.4. The Kier molecular flexibility index (Phi) is 7.62. The van der Waals surface area contributed by atoms with Crippen molar-refractivity contribution in [1.82, 2.24) is 0 Å². The van der Waals surface area contributed by atoms with Crippen LogP contribution in [0, 0.1) is 0 Å². The van der Waals surface area contributed by atoms with Crippen LogP contribution in [0.2, 0.25) is 0 Å².